The molecule has 0 saturated carbocycles. The summed E-state index contributed by atoms with van der Waals surface area (Å²) in [7, 11) is 0. The standard InChI is InChI=1S/C14H16ClN3/c15-13-4-2-1-3-12(13)14-9-17-10-18(14)11-5-7-16-8-6-11/h1-4,9-11,16H,5-8H2. The minimum Gasteiger partial charge on any atom is -0.327 e. The molecular formula is C14H16ClN3. The molecule has 4 heteroatoms. The lowest BCUT2D eigenvalue weighted by Crippen LogP contribution is -2.29. The number of rotatable bonds is 2. The molecule has 0 spiro atoms. The second-order valence-corrected chi connectivity index (χ2v) is 5.05. The molecule has 0 atom stereocenters. The van der Waals surface area contributed by atoms with E-state index in [1.165, 1.54) is 0 Å². The number of hydrogen-bond donors (Lipinski definition) is 1. The lowest BCUT2D eigenvalue weighted by atomic mass is 10.1. The van der Waals surface area contributed by atoms with E-state index < -0.39 is 0 Å². The summed E-state index contributed by atoms with van der Waals surface area (Å²) in [5.74, 6) is 0. The van der Waals surface area contributed by atoms with Crippen molar-refractivity contribution in [3.8, 4) is 11.3 Å². The summed E-state index contributed by atoms with van der Waals surface area (Å²) < 4.78 is 2.27. The Morgan fingerprint density at radius 2 is 2.00 bits per heavy atom. The Balaban J connectivity index is 1.98. The fourth-order valence-electron chi connectivity index (χ4n) is 2.56. The Hall–Kier alpha value is -1.32. The van der Waals surface area contributed by atoms with Crippen LogP contribution in [0.2, 0.25) is 5.02 Å². The molecule has 0 unspecified atom stereocenters. The molecule has 1 aromatic carbocycles. The van der Waals surface area contributed by atoms with Crippen molar-refractivity contribution in [1.29, 1.82) is 0 Å². The lowest BCUT2D eigenvalue weighted by Gasteiger charge is -2.25. The molecular weight excluding hydrogens is 246 g/mol. The van der Waals surface area contributed by atoms with Crippen LogP contribution in [0.4, 0.5) is 0 Å². The first-order valence-electron chi connectivity index (χ1n) is 6.34. The number of halogens is 1. The van der Waals surface area contributed by atoms with E-state index in [4.69, 9.17) is 11.6 Å². The van der Waals surface area contributed by atoms with Crippen molar-refractivity contribution in [2.24, 2.45) is 0 Å². The molecule has 1 aromatic heterocycles. The maximum atomic E-state index is 6.27. The van der Waals surface area contributed by atoms with Crippen LogP contribution in [0.5, 0.6) is 0 Å². The Kier molecular flexibility index (Phi) is 3.35. The van der Waals surface area contributed by atoms with Crippen LogP contribution < -0.4 is 5.32 Å². The normalized spacial score (nSPS) is 16.9. The predicted octanol–water partition coefficient (Wildman–Crippen LogP) is 3.13. The quantitative estimate of drug-likeness (QED) is 0.900. The number of hydrogen-bond acceptors (Lipinski definition) is 2. The first-order chi connectivity index (χ1) is 8.86. The van der Waals surface area contributed by atoms with Gasteiger partial charge in [0.25, 0.3) is 0 Å². The molecule has 2 heterocycles. The molecule has 1 aliphatic rings. The smallest absolute Gasteiger partial charge is 0.0953 e. The fourth-order valence-corrected chi connectivity index (χ4v) is 2.79. The van der Waals surface area contributed by atoms with Gasteiger partial charge < -0.3 is 9.88 Å². The fraction of sp³-hybridized carbons (Fsp3) is 0.357. The summed E-state index contributed by atoms with van der Waals surface area (Å²) in [4.78, 5) is 4.30. The van der Waals surface area contributed by atoms with E-state index in [2.05, 4.69) is 20.9 Å². The molecule has 1 N–H and O–H groups in total. The molecule has 1 saturated heterocycles. The molecule has 3 nitrogen and oxygen atoms in total. The van der Waals surface area contributed by atoms with E-state index in [9.17, 15) is 0 Å². The van der Waals surface area contributed by atoms with Crippen LogP contribution in [0.1, 0.15) is 18.9 Å². The van der Waals surface area contributed by atoms with Gasteiger partial charge in [-0.3, -0.25) is 0 Å². The van der Waals surface area contributed by atoms with Crippen LogP contribution in [0.25, 0.3) is 11.3 Å². The maximum Gasteiger partial charge on any atom is 0.0953 e. The number of benzene rings is 1. The van der Waals surface area contributed by atoms with Crippen molar-refractivity contribution < 1.29 is 0 Å². The highest BCUT2D eigenvalue weighted by atomic mass is 35.5. The zero-order chi connectivity index (χ0) is 12.4. The minimum atomic E-state index is 0.528. The van der Waals surface area contributed by atoms with Gasteiger partial charge in [0.1, 0.15) is 0 Å². The third-order valence-electron chi connectivity index (χ3n) is 3.52. The van der Waals surface area contributed by atoms with E-state index in [-0.39, 0.29) is 0 Å². The predicted molar refractivity (Wildman–Crippen MR) is 73.8 cm³/mol. The second-order valence-electron chi connectivity index (χ2n) is 4.65. The molecule has 0 amide bonds. The highest BCUT2D eigenvalue weighted by Crippen LogP contribution is 2.31. The summed E-state index contributed by atoms with van der Waals surface area (Å²) in [5.41, 5.74) is 2.18. The highest BCUT2D eigenvalue weighted by Gasteiger charge is 2.18. The third kappa shape index (κ3) is 2.16. The van der Waals surface area contributed by atoms with Crippen LogP contribution in [-0.4, -0.2) is 22.6 Å². The van der Waals surface area contributed by atoms with Crippen molar-refractivity contribution in [2.75, 3.05) is 13.1 Å². The van der Waals surface area contributed by atoms with Gasteiger partial charge in [-0.25, -0.2) is 4.98 Å². The van der Waals surface area contributed by atoms with Crippen LogP contribution in [0.15, 0.2) is 36.8 Å². The molecule has 0 aliphatic carbocycles. The molecule has 0 radical (unpaired) electrons. The van der Waals surface area contributed by atoms with E-state index >= 15 is 0 Å². The molecule has 18 heavy (non-hydrogen) atoms. The van der Waals surface area contributed by atoms with Crippen LogP contribution in [-0.2, 0) is 0 Å². The largest absolute Gasteiger partial charge is 0.327 e. The molecule has 1 fully saturated rings. The topological polar surface area (TPSA) is 29.9 Å². The third-order valence-corrected chi connectivity index (χ3v) is 3.85. The number of nitrogens with zero attached hydrogens (tertiary/aromatic N) is 2. The van der Waals surface area contributed by atoms with E-state index in [0.29, 0.717) is 6.04 Å². The summed E-state index contributed by atoms with van der Waals surface area (Å²) >= 11 is 6.27. The maximum absolute atomic E-state index is 6.27. The Morgan fingerprint density at radius 1 is 1.22 bits per heavy atom. The van der Waals surface area contributed by atoms with Crippen LogP contribution in [0.3, 0.4) is 0 Å². The van der Waals surface area contributed by atoms with Crippen molar-refractivity contribution in [3.63, 3.8) is 0 Å². The average Bonchev–Trinajstić information content (AvgIpc) is 2.89. The number of aromatic nitrogens is 2. The first-order valence-corrected chi connectivity index (χ1v) is 6.71. The van der Waals surface area contributed by atoms with Crippen LogP contribution >= 0.6 is 11.6 Å². The van der Waals surface area contributed by atoms with Crippen molar-refractivity contribution in [1.82, 2.24) is 14.9 Å². The Bertz CT molecular complexity index is 529. The van der Waals surface area contributed by atoms with Gasteiger partial charge in [0.2, 0.25) is 0 Å². The van der Waals surface area contributed by atoms with Gasteiger partial charge >= 0.3 is 0 Å². The number of imidazole rings is 1. The zero-order valence-corrected chi connectivity index (χ0v) is 10.9. The summed E-state index contributed by atoms with van der Waals surface area (Å²) in [5, 5.41) is 4.17. The van der Waals surface area contributed by atoms with Crippen molar-refractivity contribution in [3.05, 3.63) is 41.8 Å². The average molecular weight is 262 g/mol. The van der Waals surface area contributed by atoms with Gasteiger partial charge in [-0.2, -0.15) is 0 Å². The molecule has 1 aliphatic heterocycles. The van der Waals surface area contributed by atoms with Gasteiger partial charge in [-0.05, 0) is 32.0 Å². The molecule has 94 valence electrons. The molecule has 2 aromatic rings. The van der Waals surface area contributed by atoms with Gasteiger partial charge in [-0.15, -0.1) is 0 Å². The molecule has 0 bridgehead atoms. The lowest BCUT2D eigenvalue weighted by molar-refractivity contribution is 0.370. The SMILES string of the molecule is Clc1ccccc1-c1cncn1C1CCNCC1. The second kappa shape index (κ2) is 5.12. The van der Waals surface area contributed by atoms with Gasteiger partial charge in [0, 0.05) is 16.6 Å². The van der Waals surface area contributed by atoms with Gasteiger partial charge in [0.15, 0.2) is 0 Å². The van der Waals surface area contributed by atoms with E-state index in [0.717, 1.165) is 42.2 Å². The monoisotopic (exact) mass is 261 g/mol. The zero-order valence-electron chi connectivity index (χ0n) is 10.1. The Morgan fingerprint density at radius 3 is 2.78 bits per heavy atom. The number of piperidine rings is 1. The summed E-state index contributed by atoms with van der Waals surface area (Å²) in [6, 6.07) is 8.48. The van der Waals surface area contributed by atoms with E-state index in [1.54, 1.807) is 0 Å². The summed E-state index contributed by atoms with van der Waals surface area (Å²) in [6.45, 7) is 2.15. The van der Waals surface area contributed by atoms with Crippen molar-refractivity contribution >= 4 is 11.6 Å². The minimum absolute atomic E-state index is 0.528. The first kappa shape index (κ1) is 11.8. The van der Waals surface area contributed by atoms with Crippen LogP contribution in [0, 0.1) is 0 Å². The van der Waals surface area contributed by atoms with Gasteiger partial charge in [0.05, 0.1) is 18.2 Å². The Labute approximate surface area is 112 Å². The molecule has 3 rings (SSSR count). The van der Waals surface area contributed by atoms with Gasteiger partial charge in [-0.1, -0.05) is 29.8 Å². The van der Waals surface area contributed by atoms with E-state index in [1.807, 2.05) is 30.7 Å². The highest BCUT2D eigenvalue weighted by molar-refractivity contribution is 6.33. The summed E-state index contributed by atoms with van der Waals surface area (Å²) in [6.07, 6.45) is 6.12. The van der Waals surface area contributed by atoms with Crippen molar-refractivity contribution in [2.45, 2.75) is 18.9 Å². The number of nitrogens with one attached hydrogen (secondary N) is 1.